The minimum atomic E-state index is -0.181. The Hall–Kier alpha value is -1.95. The van der Waals surface area contributed by atoms with Crippen molar-refractivity contribution in [3.05, 3.63) is 53.3 Å². The van der Waals surface area contributed by atoms with Crippen molar-refractivity contribution >= 4 is 17.5 Å². The summed E-state index contributed by atoms with van der Waals surface area (Å²) >= 11 is 5.89. The van der Waals surface area contributed by atoms with Gasteiger partial charge in [-0.3, -0.25) is 9.78 Å². The second-order valence-electron chi connectivity index (χ2n) is 4.98. The Balaban J connectivity index is 2.23. The summed E-state index contributed by atoms with van der Waals surface area (Å²) in [5.41, 5.74) is 2.24. The fourth-order valence-electron chi connectivity index (χ4n) is 2.18. The maximum atomic E-state index is 12.6. The van der Waals surface area contributed by atoms with Gasteiger partial charge in [0.25, 0.3) is 5.91 Å². The number of benzene rings is 1. The molecule has 0 aliphatic carbocycles. The predicted octanol–water partition coefficient (Wildman–Crippen LogP) is 2.48. The van der Waals surface area contributed by atoms with Crippen LogP contribution in [0.4, 0.5) is 0 Å². The van der Waals surface area contributed by atoms with Gasteiger partial charge in [-0.05, 0) is 23.8 Å². The number of hydrogen-bond donors (Lipinski definition) is 1. The third-order valence-corrected chi connectivity index (χ3v) is 3.64. The molecule has 1 N–H and O–H groups in total. The van der Waals surface area contributed by atoms with Crippen LogP contribution in [0.1, 0.15) is 10.4 Å². The molecule has 122 valence electrons. The molecule has 0 aliphatic heterocycles. The van der Waals surface area contributed by atoms with Gasteiger partial charge in [0.05, 0.1) is 18.8 Å². The molecule has 1 aromatic carbocycles. The molecular weight excluding hydrogens is 316 g/mol. The zero-order valence-corrected chi connectivity index (χ0v) is 13.7. The molecule has 0 unspecified atom stereocenters. The van der Waals surface area contributed by atoms with Crippen LogP contribution in [0.15, 0.2) is 42.7 Å². The fourth-order valence-corrected chi connectivity index (χ4v) is 2.30. The molecular formula is C17H19ClN2O3. The van der Waals surface area contributed by atoms with Gasteiger partial charge >= 0.3 is 0 Å². The summed E-state index contributed by atoms with van der Waals surface area (Å²) in [4.78, 5) is 18.3. The SMILES string of the molecule is COCCN(CCO)C(=O)c1cncc(-c2ccc(Cl)cc2)c1. The van der Waals surface area contributed by atoms with E-state index < -0.39 is 0 Å². The van der Waals surface area contributed by atoms with Crippen LogP contribution in [0.2, 0.25) is 5.02 Å². The number of rotatable bonds is 7. The van der Waals surface area contributed by atoms with Crippen molar-refractivity contribution in [3.63, 3.8) is 0 Å². The molecule has 0 saturated heterocycles. The van der Waals surface area contributed by atoms with E-state index in [0.717, 1.165) is 11.1 Å². The highest BCUT2D eigenvalue weighted by molar-refractivity contribution is 6.30. The molecule has 0 atom stereocenters. The second-order valence-corrected chi connectivity index (χ2v) is 5.41. The number of aliphatic hydroxyl groups excluding tert-OH is 1. The van der Waals surface area contributed by atoms with Crippen molar-refractivity contribution in [1.29, 1.82) is 0 Å². The molecule has 6 heteroatoms. The number of methoxy groups -OCH3 is 1. The van der Waals surface area contributed by atoms with Crippen molar-refractivity contribution in [1.82, 2.24) is 9.88 Å². The van der Waals surface area contributed by atoms with E-state index in [4.69, 9.17) is 21.4 Å². The van der Waals surface area contributed by atoms with Crippen LogP contribution in [-0.4, -0.2) is 54.3 Å². The van der Waals surface area contributed by atoms with Gasteiger partial charge in [0.2, 0.25) is 0 Å². The van der Waals surface area contributed by atoms with Crippen LogP contribution in [0.3, 0.4) is 0 Å². The van der Waals surface area contributed by atoms with Gasteiger partial charge in [-0.1, -0.05) is 23.7 Å². The molecule has 0 aliphatic rings. The summed E-state index contributed by atoms with van der Waals surface area (Å²) in [6.45, 7) is 0.990. The van der Waals surface area contributed by atoms with Crippen molar-refractivity contribution in [2.75, 3.05) is 33.4 Å². The highest BCUT2D eigenvalue weighted by atomic mass is 35.5. The van der Waals surface area contributed by atoms with E-state index in [0.29, 0.717) is 23.7 Å². The highest BCUT2D eigenvalue weighted by Crippen LogP contribution is 2.22. The topological polar surface area (TPSA) is 62.7 Å². The number of nitrogens with zero attached hydrogens (tertiary/aromatic N) is 2. The predicted molar refractivity (Wildman–Crippen MR) is 89.5 cm³/mol. The van der Waals surface area contributed by atoms with Crippen molar-refractivity contribution in [2.24, 2.45) is 0 Å². The Kier molecular flexibility index (Phi) is 6.52. The summed E-state index contributed by atoms with van der Waals surface area (Å²) in [5.74, 6) is -0.181. The molecule has 1 amide bonds. The fraction of sp³-hybridized carbons (Fsp3) is 0.294. The summed E-state index contributed by atoms with van der Waals surface area (Å²) < 4.78 is 5.01. The van der Waals surface area contributed by atoms with Crippen molar-refractivity contribution < 1.29 is 14.6 Å². The Bertz CT molecular complexity index is 647. The number of aliphatic hydroxyl groups is 1. The monoisotopic (exact) mass is 334 g/mol. The average molecular weight is 335 g/mol. The van der Waals surface area contributed by atoms with E-state index in [2.05, 4.69) is 4.98 Å². The van der Waals surface area contributed by atoms with Gasteiger partial charge < -0.3 is 14.7 Å². The van der Waals surface area contributed by atoms with E-state index >= 15 is 0 Å². The van der Waals surface area contributed by atoms with Crippen LogP contribution in [0.5, 0.6) is 0 Å². The zero-order valence-electron chi connectivity index (χ0n) is 12.9. The minimum absolute atomic E-state index is 0.0975. The smallest absolute Gasteiger partial charge is 0.255 e. The lowest BCUT2D eigenvalue weighted by Crippen LogP contribution is -2.36. The lowest BCUT2D eigenvalue weighted by atomic mass is 10.1. The van der Waals surface area contributed by atoms with Crippen LogP contribution >= 0.6 is 11.6 Å². The molecule has 1 heterocycles. The molecule has 23 heavy (non-hydrogen) atoms. The molecule has 2 aromatic rings. The first-order valence-corrected chi connectivity index (χ1v) is 7.63. The molecule has 0 fully saturated rings. The molecule has 1 aromatic heterocycles. The zero-order chi connectivity index (χ0) is 16.7. The van der Waals surface area contributed by atoms with Gasteiger partial charge in [0, 0.05) is 43.2 Å². The Morgan fingerprint density at radius 3 is 2.61 bits per heavy atom. The van der Waals surface area contributed by atoms with Crippen molar-refractivity contribution in [2.45, 2.75) is 0 Å². The van der Waals surface area contributed by atoms with E-state index in [-0.39, 0.29) is 19.1 Å². The van der Waals surface area contributed by atoms with Crippen LogP contribution in [0.25, 0.3) is 11.1 Å². The number of ether oxygens (including phenoxy) is 1. The first-order valence-electron chi connectivity index (χ1n) is 7.25. The Morgan fingerprint density at radius 2 is 1.96 bits per heavy atom. The summed E-state index contributed by atoms with van der Waals surface area (Å²) in [7, 11) is 1.57. The average Bonchev–Trinajstić information content (AvgIpc) is 2.59. The van der Waals surface area contributed by atoms with Gasteiger partial charge in [0.1, 0.15) is 0 Å². The van der Waals surface area contributed by atoms with Crippen LogP contribution in [0, 0.1) is 0 Å². The van der Waals surface area contributed by atoms with Gasteiger partial charge in [-0.2, -0.15) is 0 Å². The minimum Gasteiger partial charge on any atom is -0.395 e. The maximum Gasteiger partial charge on any atom is 0.255 e. The van der Waals surface area contributed by atoms with E-state index in [9.17, 15) is 4.79 Å². The molecule has 0 spiro atoms. The van der Waals surface area contributed by atoms with Crippen LogP contribution < -0.4 is 0 Å². The first-order chi connectivity index (χ1) is 11.2. The number of amides is 1. The molecule has 5 nitrogen and oxygen atoms in total. The van der Waals surface area contributed by atoms with E-state index in [1.807, 2.05) is 12.1 Å². The van der Waals surface area contributed by atoms with Gasteiger partial charge in [-0.15, -0.1) is 0 Å². The van der Waals surface area contributed by atoms with Gasteiger partial charge in [-0.25, -0.2) is 0 Å². The molecule has 0 bridgehead atoms. The quantitative estimate of drug-likeness (QED) is 0.845. The Labute approximate surface area is 140 Å². The lowest BCUT2D eigenvalue weighted by molar-refractivity contribution is 0.0656. The number of carbonyl (C=O) groups excluding carboxylic acids is 1. The largest absolute Gasteiger partial charge is 0.395 e. The second kappa shape index (κ2) is 8.62. The van der Waals surface area contributed by atoms with E-state index in [1.165, 1.54) is 6.20 Å². The summed E-state index contributed by atoms with van der Waals surface area (Å²) in [6, 6.07) is 9.13. The third kappa shape index (κ3) is 4.76. The van der Waals surface area contributed by atoms with Crippen LogP contribution in [-0.2, 0) is 4.74 Å². The lowest BCUT2D eigenvalue weighted by Gasteiger charge is -2.21. The normalized spacial score (nSPS) is 10.6. The molecule has 0 radical (unpaired) electrons. The number of aromatic nitrogens is 1. The number of pyridine rings is 1. The van der Waals surface area contributed by atoms with Crippen molar-refractivity contribution in [3.8, 4) is 11.1 Å². The summed E-state index contributed by atoms with van der Waals surface area (Å²) in [5, 5.41) is 9.78. The standard InChI is InChI=1S/C17H19ClN2O3/c1-23-9-7-20(6-8-21)17(22)15-10-14(11-19-12-15)13-2-4-16(18)5-3-13/h2-5,10-12,21H,6-9H2,1H3. The Morgan fingerprint density at radius 1 is 1.22 bits per heavy atom. The highest BCUT2D eigenvalue weighted by Gasteiger charge is 2.16. The number of hydrogen-bond acceptors (Lipinski definition) is 4. The first kappa shape index (κ1) is 17.4. The number of carbonyl (C=O) groups is 1. The van der Waals surface area contributed by atoms with E-state index in [1.54, 1.807) is 36.4 Å². The molecule has 0 saturated carbocycles. The maximum absolute atomic E-state index is 12.6. The third-order valence-electron chi connectivity index (χ3n) is 3.39. The molecule has 2 rings (SSSR count). The summed E-state index contributed by atoms with van der Waals surface area (Å²) in [6.07, 6.45) is 3.23. The van der Waals surface area contributed by atoms with Gasteiger partial charge in [0.15, 0.2) is 0 Å². The number of halogens is 1.